The van der Waals surface area contributed by atoms with E-state index in [1.54, 1.807) is 12.1 Å². The zero-order chi connectivity index (χ0) is 18.5. The number of rotatable bonds is 5. The highest BCUT2D eigenvalue weighted by Crippen LogP contribution is 2.21. The quantitative estimate of drug-likeness (QED) is 0.779. The second-order valence-corrected chi connectivity index (χ2v) is 7.94. The van der Waals surface area contributed by atoms with Gasteiger partial charge in [-0.15, -0.1) is 0 Å². The van der Waals surface area contributed by atoms with Gasteiger partial charge in [-0.05, 0) is 96.6 Å². The number of likely N-dealkylation sites (tertiary alicyclic amines) is 1. The van der Waals surface area contributed by atoms with Gasteiger partial charge in [0.15, 0.2) is 0 Å². The summed E-state index contributed by atoms with van der Waals surface area (Å²) in [4.78, 5) is 14.8. The molecule has 1 saturated heterocycles. The first-order valence-electron chi connectivity index (χ1n) is 9.01. The van der Waals surface area contributed by atoms with E-state index in [2.05, 4.69) is 39.3 Å². The third-order valence-corrected chi connectivity index (χ3v) is 5.60. The van der Waals surface area contributed by atoms with E-state index in [-0.39, 0.29) is 11.7 Å². The molecular formula is C21H24BrFN2O. The largest absolute Gasteiger partial charge is 0.348 e. The maximum atomic E-state index is 13.3. The van der Waals surface area contributed by atoms with Gasteiger partial charge in [0.1, 0.15) is 5.82 Å². The Labute approximate surface area is 162 Å². The molecule has 0 bridgehead atoms. The maximum absolute atomic E-state index is 13.3. The zero-order valence-electron chi connectivity index (χ0n) is 15.0. The first-order chi connectivity index (χ1) is 12.5. The second-order valence-electron chi connectivity index (χ2n) is 7.08. The van der Waals surface area contributed by atoms with Gasteiger partial charge < -0.3 is 10.2 Å². The highest BCUT2D eigenvalue weighted by Gasteiger charge is 2.17. The lowest BCUT2D eigenvalue weighted by atomic mass is 9.90. The molecule has 1 heterocycles. The van der Waals surface area contributed by atoms with Crippen LogP contribution in [0, 0.1) is 11.7 Å². The predicted molar refractivity (Wildman–Crippen MR) is 106 cm³/mol. The van der Waals surface area contributed by atoms with Crippen molar-refractivity contribution < 1.29 is 9.18 Å². The van der Waals surface area contributed by atoms with Crippen LogP contribution < -0.4 is 5.32 Å². The molecule has 0 aromatic heterocycles. The maximum Gasteiger partial charge on any atom is 0.251 e. The van der Waals surface area contributed by atoms with E-state index in [0.29, 0.717) is 22.5 Å². The molecule has 0 radical (unpaired) electrons. The Morgan fingerprint density at radius 2 is 1.96 bits per heavy atom. The number of hydrogen-bond acceptors (Lipinski definition) is 2. The fourth-order valence-electron chi connectivity index (χ4n) is 3.37. The summed E-state index contributed by atoms with van der Waals surface area (Å²) >= 11 is 3.17. The number of hydrogen-bond donors (Lipinski definition) is 1. The van der Waals surface area contributed by atoms with E-state index < -0.39 is 0 Å². The Morgan fingerprint density at radius 1 is 1.19 bits per heavy atom. The number of nitrogens with zero attached hydrogens (tertiary/aromatic N) is 1. The summed E-state index contributed by atoms with van der Waals surface area (Å²) in [6.07, 6.45) is 3.46. The molecule has 5 heteroatoms. The van der Waals surface area contributed by atoms with Gasteiger partial charge in [0.2, 0.25) is 0 Å². The summed E-state index contributed by atoms with van der Waals surface area (Å²) in [5.41, 5.74) is 2.75. The number of piperidine rings is 1. The summed E-state index contributed by atoms with van der Waals surface area (Å²) in [6.45, 7) is 2.67. The number of amides is 1. The topological polar surface area (TPSA) is 32.3 Å². The highest BCUT2D eigenvalue weighted by molar-refractivity contribution is 9.10. The lowest BCUT2D eigenvalue weighted by Gasteiger charge is -2.29. The van der Waals surface area contributed by atoms with Crippen molar-refractivity contribution >= 4 is 21.8 Å². The minimum atomic E-state index is -0.304. The van der Waals surface area contributed by atoms with E-state index in [1.807, 2.05) is 18.2 Å². The molecule has 0 unspecified atom stereocenters. The summed E-state index contributed by atoms with van der Waals surface area (Å²) < 4.78 is 13.7. The minimum absolute atomic E-state index is 0.101. The molecule has 3 rings (SSSR count). The fraction of sp³-hybridized carbons (Fsp3) is 0.381. The van der Waals surface area contributed by atoms with Crippen LogP contribution in [0.4, 0.5) is 4.39 Å². The van der Waals surface area contributed by atoms with Crippen molar-refractivity contribution in [2.75, 3.05) is 20.1 Å². The summed E-state index contributed by atoms with van der Waals surface area (Å²) in [5.74, 6) is 0.290. The Hall–Kier alpha value is -1.72. The number of nitrogens with one attached hydrogen (secondary N) is 1. The van der Waals surface area contributed by atoms with Gasteiger partial charge in [0.05, 0.1) is 4.47 Å². The van der Waals surface area contributed by atoms with Crippen LogP contribution in [0.15, 0.2) is 46.9 Å². The van der Waals surface area contributed by atoms with Gasteiger partial charge in [-0.2, -0.15) is 0 Å². The van der Waals surface area contributed by atoms with Crippen LogP contribution in [-0.2, 0) is 13.0 Å². The molecule has 138 valence electrons. The predicted octanol–water partition coefficient (Wildman–Crippen LogP) is 4.40. The summed E-state index contributed by atoms with van der Waals surface area (Å²) in [7, 11) is 2.17. The molecule has 1 aliphatic heterocycles. The van der Waals surface area contributed by atoms with E-state index in [1.165, 1.54) is 24.5 Å². The molecule has 26 heavy (non-hydrogen) atoms. The van der Waals surface area contributed by atoms with E-state index in [4.69, 9.17) is 0 Å². The molecule has 3 nitrogen and oxygen atoms in total. The molecule has 0 spiro atoms. The molecular weight excluding hydrogens is 395 g/mol. The standard InChI is InChI=1S/C21H24BrFN2O/c1-25-9-7-15(8-10-25)11-16-3-2-4-18(12-16)21(26)24-14-17-5-6-20(23)19(22)13-17/h2-6,12-13,15H,7-11,14H2,1H3,(H,24,26). The summed E-state index contributed by atoms with van der Waals surface area (Å²) in [5, 5.41) is 2.91. The third kappa shape index (κ3) is 5.15. The van der Waals surface area contributed by atoms with Gasteiger partial charge in [-0.3, -0.25) is 4.79 Å². The van der Waals surface area contributed by atoms with Crippen LogP contribution in [0.1, 0.15) is 34.3 Å². The van der Waals surface area contributed by atoms with Crippen LogP contribution in [-0.4, -0.2) is 30.9 Å². The summed E-state index contributed by atoms with van der Waals surface area (Å²) in [6, 6.07) is 12.7. The van der Waals surface area contributed by atoms with Gasteiger partial charge >= 0.3 is 0 Å². The Kier molecular flexibility index (Phi) is 6.43. The lowest BCUT2D eigenvalue weighted by molar-refractivity contribution is 0.0950. The van der Waals surface area contributed by atoms with Crippen molar-refractivity contribution in [2.24, 2.45) is 5.92 Å². The van der Waals surface area contributed by atoms with Crippen molar-refractivity contribution in [3.8, 4) is 0 Å². The van der Waals surface area contributed by atoms with E-state index in [0.717, 1.165) is 25.1 Å². The van der Waals surface area contributed by atoms with Crippen molar-refractivity contribution in [1.82, 2.24) is 10.2 Å². The lowest BCUT2D eigenvalue weighted by Crippen LogP contribution is -2.31. The molecule has 2 aromatic rings. The highest BCUT2D eigenvalue weighted by atomic mass is 79.9. The first-order valence-corrected chi connectivity index (χ1v) is 9.80. The van der Waals surface area contributed by atoms with E-state index in [9.17, 15) is 9.18 Å². The number of benzene rings is 2. The van der Waals surface area contributed by atoms with Crippen LogP contribution >= 0.6 is 15.9 Å². The molecule has 0 aliphatic carbocycles. The Bertz CT molecular complexity index is 772. The molecule has 1 fully saturated rings. The Balaban J connectivity index is 1.58. The normalized spacial score (nSPS) is 15.8. The molecule has 1 amide bonds. The van der Waals surface area contributed by atoms with Gasteiger partial charge in [-0.25, -0.2) is 4.39 Å². The SMILES string of the molecule is CN1CCC(Cc2cccc(C(=O)NCc3ccc(F)c(Br)c3)c2)CC1. The van der Waals surface area contributed by atoms with Crippen molar-refractivity contribution in [3.05, 3.63) is 69.4 Å². The monoisotopic (exact) mass is 418 g/mol. The van der Waals surface area contributed by atoms with Crippen LogP contribution in [0.3, 0.4) is 0 Å². The minimum Gasteiger partial charge on any atom is -0.348 e. The van der Waals surface area contributed by atoms with Gasteiger partial charge in [0, 0.05) is 12.1 Å². The Morgan fingerprint density at radius 3 is 2.69 bits per heavy atom. The van der Waals surface area contributed by atoms with E-state index >= 15 is 0 Å². The molecule has 2 aromatic carbocycles. The molecule has 0 saturated carbocycles. The van der Waals surface area contributed by atoms with Crippen molar-refractivity contribution in [2.45, 2.75) is 25.8 Å². The molecule has 1 N–H and O–H groups in total. The zero-order valence-corrected chi connectivity index (χ0v) is 16.6. The fourth-order valence-corrected chi connectivity index (χ4v) is 3.80. The van der Waals surface area contributed by atoms with Crippen LogP contribution in [0.5, 0.6) is 0 Å². The second kappa shape index (κ2) is 8.78. The van der Waals surface area contributed by atoms with Crippen LogP contribution in [0.25, 0.3) is 0 Å². The number of halogens is 2. The molecule has 1 aliphatic rings. The third-order valence-electron chi connectivity index (χ3n) is 4.99. The average molecular weight is 419 g/mol. The van der Waals surface area contributed by atoms with Gasteiger partial charge in [-0.1, -0.05) is 18.2 Å². The molecule has 0 atom stereocenters. The number of carbonyl (C=O) groups excluding carboxylic acids is 1. The average Bonchev–Trinajstić information content (AvgIpc) is 2.64. The van der Waals surface area contributed by atoms with Crippen molar-refractivity contribution in [3.63, 3.8) is 0 Å². The number of carbonyl (C=O) groups is 1. The first kappa shape index (κ1) is 19.1. The van der Waals surface area contributed by atoms with Crippen LogP contribution in [0.2, 0.25) is 0 Å². The van der Waals surface area contributed by atoms with Crippen molar-refractivity contribution in [1.29, 1.82) is 0 Å². The smallest absolute Gasteiger partial charge is 0.251 e. The van der Waals surface area contributed by atoms with Gasteiger partial charge in [0.25, 0.3) is 5.91 Å².